The van der Waals surface area contributed by atoms with E-state index in [1.807, 2.05) is 0 Å². The second-order valence-electron chi connectivity index (χ2n) is 4.00. The molecule has 0 aromatic rings. The molecule has 0 aromatic heterocycles. The van der Waals surface area contributed by atoms with E-state index < -0.39 is 39.4 Å². The maximum atomic E-state index is 11.8. The van der Waals surface area contributed by atoms with E-state index in [0.29, 0.717) is 0 Å². The third kappa shape index (κ3) is 4.83. The van der Waals surface area contributed by atoms with Gasteiger partial charge in [0.2, 0.25) is 0 Å². The van der Waals surface area contributed by atoms with Crippen LogP contribution in [0.25, 0.3) is 0 Å². The van der Waals surface area contributed by atoms with Crippen LogP contribution >= 0.6 is 0 Å². The van der Waals surface area contributed by atoms with Gasteiger partial charge in [0, 0.05) is 13.0 Å². The van der Waals surface area contributed by atoms with Crippen LogP contribution in [0.5, 0.6) is 0 Å². The van der Waals surface area contributed by atoms with Gasteiger partial charge in [-0.2, -0.15) is 13.2 Å². The van der Waals surface area contributed by atoms with Crippen molar-refractivity contribution >= 4 is 9.84 Å². The second-order valence-corrected chi connectivity index (χ2v) is 6.74. The summed E-state index contributed by atoms with van der Waals surface area (Å²) in [4.78, 5) is 0. The molecule has 0 unspecified atom stereocenters. The molecular weight excluding hydrogens is 231 g/mol. The van der Waals surface area contributed by atoms with Gasteiger partial charge in [-0.3, -0.25) is 0 Å². The largest absolute Gasteiger partial charge is 0.389 e. The molecule has 0 saturated heterocycles. The van der Waals surface area contributed by atoms with E-state index in [-0.39, 0.29) is 6.54 Å². The highest BCUT2D eigenvalue weighted by Crippen LogP contribution is 2.24. The highest BCUT2D eigenvalue weighted by Gasteiger charge is 2.34. The Balaban J connectivity index is 4.31. The molecule has 92 valence electrons. The quantitative estimate of drug-likeness (QED) is 0.800. The van der Waals surface area contributed by atoms with Crippen molar-refractivity contribution in [2.24, 2.45) is 5.73 Å². The van der Waals surface area contributed by atoms with Crippen LogP contribution in [0.2, 0.25) is 0 Å². The molecule has 7 heteroatoms. The van der Waals surface area contributed by atoms with Gasteiger partial charge in [0.05, 0.1) is 10.5 Å². The van der Waals surface area contributed by atoms with Crippen molar-refractivity contribution in [3.63, 3.8) is 0 Å². The van der Waals surface area contributed by atoms with E-state index in [0.717, 1.165) is 0 Å². The van der Waals surface area contributed by atoms with Crippen molar-refractivity contribution in [2.45, 2.75) is 37.6 Å². The van der Waals surface area contributed by atoms with Crippen molar-refractivity contribution in [3.8, 4) is 0 Å². The van der Waals surface area contributed by atoms with Crippen LogP contribution in [0.15, 0.2) is 0 Å². The Morgan fingerprint density at radius 3 is 2.00 bits per heavy atom. The summed E-state index contributed by atoms with van der Waals surface area (Å²) in [7, 11) is -3.56. The Morgan fingerprint density at radius 1 is 1.20 bits per heavy atom. The van der Waals surface area contributed by atoms with E-state index >= 15 is 0 Å². The monoisotopic (exact) mass is 247 g/mol. The molecule has 0 amide bonds. The molecule has 0 rings (SSSR count). The zero-order valence-corrected chi connectivity index (χ0v) is 9.58. The minimum Gasteiger partial charge on any atom is -0.329 e. The molecule has 15 heavy (non-hydrogen) atoms. The van der Waals surface area contributed by atoms with Crippen LogP contribution in [-0.4, -0.2) is 31.6 Å². The van der Waals surface area contributed by atoms with Crippen molar-refractivity contribution in [3.05, 3.63) is 0 Å². The van der Waals surface area contributed by atoms with Gasteiger partial charge in [-0.05, 0) is 20.3 Å². The number of sulfone groups is 1. The number of hydrogen-bond donors (Lipinski definition) is 1. The Morgan fingerprint density at radius 2 is 1.67 bits per heavy atom. The minimum absolute atomic E-state index is 0.0959. The molecule has 0 aliphatic carbocycles. The van der Waals surface area contributed by atoms with Crippen LogP contribution in [0, 0.1) is 0 Å². The molecule has 0 fully saturated rings. The zero-order chi connectivity index (χ0) is 12.3. The first-order valence-electron chi connectivity index (χ1n) is 4.51. The molecule has 0 heterocycles. The smallest absolute Gasteiger partial charge is 0.329 e. The van der Waals surface area contributed by atoms with E-state index in [1.54, 1.807) is 0 Å². The van der Waals surface area contributed by atoms with E-state index in [4.69, 9.17) is 5.73 Å². The Labute approximate surface area is 87.8 Å². The van der Waals surface area contributed by atoms with Crippen molar-refractivity contribution in [1.29, 1.82) is 0 Å². The zero-order valence-electron chi connectivity index (χ0n) is 8.76. The summed E-state index contributed by atoms with van der Waals surface area (Å²) in [5.41, 5.74) is 5.25. The Kier molecular flexibility index (Phi) is 4.60. The number of alkyl halides is 3. The molecule has 0 aromatic carbocycles. The summed E-state index contributed by atoms with van der Waals surface area (Å²) < 4.78 is 57.3. The van der Waals surface area contributed by atoms with Gasteiger partial charge in [0.1, 0.15) is 0 Å². The van der Waals surface area contributed by atoms with Gasteiger partial charge >= 0.3 is 6.18 Å². The molecular formula is C8H16F3NO2S. The lowest BCUT2D eigenvalue weighted by molar-refractivity contribution is -0.134. The molecule has 0 atom stereocenters. The van der Waals surface area contributed by atoms with Crippen LogP contribution in [0.3, 0.4) is 0 Å². The summed E-state index contributed by atoms with van der Waals surface area (Å²) in [6.07, 6.45) is -5.79. The Hall–Kier alpha value is -0.300. The molecule has 3 nitrogen and oxygen atoms in total. The van der Waals surface area contributed by atoms with Crippen molar-refractivity contribution < 1.29 is 21.6 Å². The third-order valence-corrected chi connectivity index (χ3v) is 4.88. The molecule has 0 spiro atoms. The maximum absolute atomic E-state index is 11.8. The van der Waals surface area contributed by atoms with E-state index in [1.165, 1.54) is 13.8 Å². The number of rotatable bonds is 5. The fraction of sp³-hybridized carbons (Fsp3) is 1.00. The molecule has 0 bridgehead atoms. The van der Waals surface area contributed by atoms with E-state index in [9.17, 15) is 21.6 Å². The summed E-state index contributed by atoms with van der Waals surface area (Å²) in [6.45, 7) is 2.73. The van der Waals surface area contributed by atoms with Gasteiger partial charge in [-0.25, -0.2) is 8.42 Å². The SMILES string of the molecule is CC(C)(CN)S(=O)(=O)CCCC(F)(F)F. The standard InChI is InChI=1S/C8H16F3NO2S/c1-7(2,6-12)15(13,14)5-3-4-8(9,10)11/h3-6,12H2,1-2H3. The number of hydrogen-bond acceptors (Lipinski definition) is 3. The fourth-order valence-electron chi connectivity index (χ4n) is 0.866. The van der Waals surface area contributed by atoms with Gasteiger partial charge in [-0.1, -0.05) is 0 Å². The van der Waals surface area contributed by atoms with Crippen molar-refractivity contribution in [1.82, 2.24) is 0 Å². The summed E-state index contributed by atoms with van der Waals surface area (Å²) >= 11 is 0. The first kappa shape index (κ1) is 14.7. The molecule has 0 radical (unpaired) electrons. The number of nitrogens with two attached hydrogens (primary N) is 1. The third-order valence-electron chi connectivity index (χ3n) is 2.21. The first-order valence-corrected chi connectivity index (χ1v) is 6.16. The lowest BCUT2D eigenvalue weighted by Gasteiger charge is -2.22. The van der Waals surface area contributed by atoms with Crippen LogP contribution in [0.1, 0.15) is 26.7 Å². The average Bonchev–Trinajstić information content (AvgIpc) is 2.01. The summed E-state index contributed by atoms with van der Waals surface area (Å²) in [6, 6.07) is 0. The maximum Gasteiger partial charge on any atom is 0.389 e. The highest BCUT2D eigenvalue weighted by molar-refractivity contribution is 7.92. The minimum atomic E-state index is -4.30. The van der Waals surface area contributed by atoms with Crippen LogP contribution < -0.4 is 5.73 Å². The summed E-state index contributed by atoms with van der Waals surface area (Å²) in [5.74, 6) is -0.475. The van der Waals surface area contributed by atoms with Gasteiger partial charge in [0.25, 0.3) is 0 Å². The first-order chi connectivity index (χ1) is 6.52. The predicted octanol–water partition coefficient (Wildman–Crippen LogP) is 1.48. The van der Waals surface area contributed by atoms with Crippen LogP contribution in [-0.2, 0) is 9.84 Å². The molecule has 0 aliphatic heterocycles. The molecule has 0 saturated carbocycles. The average molecular weight is 247 g/mol. The van der Waals surface area contributed by atoms with E-state index in [2.05, 4.69) is 0 Å². The van der Waals surface area contributed by atoms with Gasteiger partial charge in [0.15, 0.2) is 9.84 Å². The topological polar surface area (TPSA) is 60.2 Å². The fourth-order valence-corrected chi connectivity index (χ4v) is 2.20. The van der Waals surface area contributed by atoms with Gasteiger partial charge in [-0.15, -0.1) is 0 Å². The second kappa shape index (κ2) is 4.69. The lowest BCUT2D eigenvalue weighted by Crippen LogP contribution is -2.41. The summed E-state index contributed by atoms with van der Waals surface area (Å²) in [5, 5.41) is 0. The molecule has 0 aliphatic rings. The predicted molar refractivity (Wildman–Crippen MR) is 52.2 cm³/mol. The Bertz CT molecular complexity index is 295. The lowest BCUT2D eigenvalue weighted by atomic mass is 10.2. The normalized spacial score (nSPS) is 14.3. The van der Waals surface area contributed by atoms with Crippen molar-refractivity contribution in [2.75, 3.05) is 12.3 Å². The van der Waals surface area contributed by atoms with Crippen LogP contribution in [0.4, 0.5) is 13.2 Å². The number of halogens is 3. The highest BCUT2D eigenvalue weighted by atomic mass is 32.2. The molecule has 2 N–H and O–H groups in total. The van der Waals surface area contributed by atoms with Gasteiger partial charge < -0.3 is 5.73 Å².